The molecule has 1 N–H and O–H groups in total. The van der Waals surface area contributed by atoms with Crippen LogP contribution in [-0.2, 0) is 27.4 Å². The number of nitrogens with zero attached hydrogens (tertiary/aromatic N) is 4. The normalized spacial score (nSPS) is 21.6. The zero-order valence-electron chi connectivity index (χ0n) is 20.3. The van der Waals surface area contributed by atoms with Gasteiger partial charge in [-0.05, 0) is 36.8 Å². The first-order chi connectivity index (χ1) is 17.8. The van der Waals surface area contributed by atoms with E-state index in [1.165, 1.54) is 40.9 Å². The van der Waals surface area contributed by atoms with Crippen molar-refractivity contribution >= 4 is 34.8 Å². The summed E-state index contributed by atoms with van der Waals surface area (Å²) >= 11 is 1.50. The number of esters is 1. The van der Waals surface area contributed by atoms with Crippen molar-refractivity contribution in [1.29, 1.82) is 0 Å². The van der Waals surface area contributed by atoms with Crippen molar-refractivity contribution in [3.8, 4) is 0 Å². The molecular weight excluding hydrogens is 496 g/mol. The summed E-state index contributed by atoms with van der Waals surface area (Å²) in [4.78, 5) is 43.3. The van der Waals surface area contributed by atoms with Gasteiger partial charge in [0.15, 0.2) is 0 Å². The molecule has 192 valence electrons. The summed E-state index contributed by atoms with van der Waals surface area (Å²) in [7, 11) is 0. The van der Waals surface area contributed by atoms with E-state index in [0.717, 1.165) is 16.2 Å². The summed E-state index contributed by atoms with van der Waals surface area (Å²) in [5.41, 5.74) is 1.77. The van der Waals surface area contributed by atoms with Crippen molar-refractivity contribution in [3.05, 3.63) is 87.0 Å². The lowest BCUT2D eigenvalue weighted by Crippen LogP contribution is -2.63. The molecule has 0 bridgehead atoms. The maximum atomic E-state index is 13.3. The number of carbonyl (C=O) groups is 2. The minimum Gasteiger partial charge on any atom is -0.456 e. The van der Waals surface area contributed by atoms with Crippen LogP contribution in [0.2, 0.25) is 0 Å². The van der Waals surface area contributed by atoms with Crippen molar-refractivity contribution in [1.82, 2.24) is 14.3 Å². The molecule has 2 aliphatic heterocycles. The van der Waals surface area contributed by atoms with Gasteiger partial charge >= 0.3 is 5.97 Å². The highest BCUT2D eigenvalue weighted by molar-refractivity contribution is 8.03. The smallest absolute Gasteiger partial charge is 0.356 e. The number of nitro benzene ring substituents is 1. The second kappa shape index (κ2) is 9.98. The molecule has 11 heteroatoms. The Morgan fingerprint density at radius 2 is 2.03 bits per heavy atom. The van der Waals surface area contributed by atoms with Gasteiger partial charge in [0.1, 0.15) is 18.1 Å². The lowest BCUT2D eigenvalue weighted by molar-refractivity contribution is -0.384. The highest BCUT2D eigenvalue weighted by Gasteiger charge is 2.60. The van der Waals surface area contributed by atoms with Crippen LogP contribution in [0.4, 0.5) is 5.69 Å². The van der Waals surface area contributed by atoms with Gasteiger partial charge in [-0.15, -0.1) is 11.8 Å². The van der Waals surface area contributed by atoms with Crippen LogP contribution < -0.4 is 0 Å². The van der Waals surface area contributed by atoms with Crippen LogP contribution in [0.5, 0.6) is 0 Å². The van der Waals surface area contributed by atoms with Crippen molar-refractivity contribution < 1.29 is 24.4 Å². The van der Waals surface area contributed by atoms with Gasteiger partial charge in [-0.25, -0.2) is 9.78 Å². The van der Waals surface area contributed by atoms with Gasteiger partial charge in [0, 0.05) is 41.3 Å². The average Bonchev–Trinajstić information content (AvgIpc) is 3.39. The van der Waals surface area contributed by atoms with Gasteiger partial charge in [-0.2, -0.15) is 0 Å². The number of hydrogen-bond acceptors (Lipinski definition) is 8. The standard InChI is InChI=1S/C26H26N4O6S/c1-15-22-21(16(2)31)25(32)29(22)23(26(33)36-14-17-6-8-18(9-7-17)30(34)35)24(15)37-12-10-20-27-13-19-5-3-4-11-28(19)20/h3-9,11,13,15-16,21-22,31H,10,12,14H2,1-2H3/t15-,16-,21-,22-/m1/s1. The number of carbonyl (C=O) groups excluding carboxylic acids is 2. The van der Waals surface area contributed by atoms with Crippen molar-refractivity contribution in [3.63, 3.8) is 0 Å². The van der Waals surface area contributed by atoms with Crippen LogP contribution in [0.25, 0.3) is 5.52 Å². The van der Waals surface area contributed by atoms with Crippen LogP contribution >= 0.6 is 11.8 Å². The molecule has 2 aromatic heterocycles. The fourth-order valence-corrected chi connectivity index (χ4v) is 6.30. The Morgan fingerprint density at radius 1 is 1.27 bits per heavy atom. The van der Waals surface area contributed by atoms with Crippen LogP contribution in [-0.4, -0.2) is 54.1 Å². The monoisotopic (exact) mass is 522 g/mol. The molecule has 0 aliphatic carbocycles. The molecule has 2 aliphatic rings. The first-order valence-electron chi connectivity index (χ1n) is 12.0. The lowest BCUT2D eigenvalue weighted by Gasteiger charge is -2.46. The largest absolute Gasteiger partial charge is 0.456 e. The first kappa shape index (κ1) is 25.0. The molecule has 0 radical (unpaired) electrons. The number of hydrogen-bond donors (Lipinski definition) is 1. The maximum Gasteiger partial charge on any atom is 0.356 e. The number of fused-ring (bicyclic) bond motifs is 2. The number of aromatic nitrogens is 2. The lowest BCUT2D eigenvalue weighted by atomic mass is 9.79. The van der Waals surface area contributed by atoms with Crippen LogP contribution in [0.15, 0.2) is 65.5 Å². The second-order valence-corrected chi connectivity index (χ2v) is 10.4. The highest BCUT2D eigenvalue weighted by Crippen LogP contribution is 2.50. The highest BCUT2D eigenvalue weighted by atomic mass is 32.2. The fraction of sp³-hybridized carbons (Fsp3) is 0.346. The molecule has 1 aromatic carbocycles. The van der Waals surface area contributed by atoms with Gasteiger partial charge in [0.2, 0.25) is 5.91 Å². The van der Waals surface area contributed by atoms with E-state index in [2.05, 4.69) is 4.98 Å². The Morgan fingerprint density at radius 3 is 2.73 bits per heavy atom. The number of aliphatic hydroxyl groups excluding tert-OH is 1. The number of ether oxygens (including phenoxy) is 1. The summed E-state index contributed by atoms with van der Waals surface area (Å²) < 4.78 is 7.57. The van der Waals surface area contributed by atoms with Crippen molar-refractivity contribution in [2.45, 2.75) is 39.0 Å². The zero-order valence-corrected chi connectivity index (χ0v) is 21.1. The summed E-state index contributed by atoms with van der Waals surface area (Å²) in [6.45, 7) is 3.47. The predicted molar refractivity (Wildman–Crippen MR) is 136 cm³/mol. The van der Waals surface area contributed by atoms with E-state index in [9.17, 15) is 24.8 Å². The summed E-state index contributed by atoms with van der Waals surface area (Å²) in [6.07, 6.45) is 3.60. The Balaban J connectivity index is 1.34. The average molecular weight is 523 g/mol. The predicted octanol–water partition coefficient (Wildman–Crippen LogP) is 3.33. The number of pyridine rings is 1. The van der Waals surface area contributed by atoms with E-state index in [-0.39, 0.29) is 35.9 Å². The Bertz CT molecular complexity index is 1400. The molecule has 1 amide bonds. The molecule has 10 nitrogen and oxygen atoms in total. The number of thioether (sulfide) groups is 1. The van der Waals surface area contributed by atoms with E-state index in [4.69, 9.17) is 4.74 Å². The number of amides is 1. The molecule has 0 unspecified atom stereocenters. The van der Waals surface area contributed by atoms with Crippen molar-refractivity contribution in [2.24, 2.45) is 11.8 Å². The molecule has 3 aromatic rings. The van der Waals surface area contributed by atoms with Gasteiger partial charge in [-0.1, -0.05) is 13.0 Å². The number of aryl methyl sites for hydroxylation is 1. The third kappa shape index (κ3) is 4.49. The second-order valence-electron chi connectivity index (χ2n) is 9.23. The maximum absolute atomic E-state index is 13.3. The Kier molecular flexibility index (Phi) is 6.74. The first-order valence-corrected chi connectivity index (χ1v) is 13.0. The van der Waals surface area contributed by atoms with Crippen LogP contribution in [0.1, 0.15) is 25.2 Å². The van der Waals surface area contributed by atoms with Crippen LogP contribution in [0.3, 0.4) is 0 Å². The molecule has 37 heavy (non-hydrogen) atoms. The Labute approximate surface area is 217 Å². The molecule has 1 saturated heterocycles. The number of nitro groups is 1. The minimum atomic E-state index is -0.825. The number of non-ortho nitro benzene ring substituents is 1. The summed E-state index contributed by atoms with van der Waals surface area (Å²) in [5, 5.41) is 21.1. The van der Waals surface area contributed by atoms with E-state index < -0.39 is 22.9 Å². The van der Waals surface area contributed by atoms with Crippen LogP contribution in [0, 0.1) is 22.0 Å². The van der Waals surface area contributed by atoms with Gasteiger partial charge in [0.25, 0.3) is 5.69 Å². The Hall–Kier alpha value is -3.70. The van der Waals surface area contributed by atoms with Gasteiger partial charge < -0.3 is 19.1 Å². The molecule has 1 fully saturated rings. The molecule has 0 saturated carbocycles. The number of β-lactam (4-membered cyclic amide) rings is 1. The third-order valence-electron chi connectivity index (χ3n) is 6.92. The van der Waals surface area contributed by atoms with E-state index >= 15 is 0 Å². The summed E-state index contributed by atoms with van der Waals surface area (Å²) in [6, 6.07) is 11.3. The minimum absolute atomic E-state index is 0.0514. The topological polar surface area (TPSA) is 127 Å². The SMILES string of the molecule is C[C@@H](O)[C@H]1C(=O)N2C(C(=O)OCc3ccc([N+](=O)[O-])cc3)=C(SCCc3ncc4ccccn34)[C@H](C)[C@H]12. The van der Waals surface area contributed by atoms with Crippen molar-refractivity contribution in [2.75, 3.05) is 5.75 Å². The molecular formula is C26H26N4O6S. The zero-order chi connectivity index (χ0) is 26.3. The quantitative estimate of drug-likeness (QED) is 0.196. The van der Waals surface area contributed by atoms with Gasteiger partial charge in [-0.3, -0.25) is 14.9 Å². The third-order valence-corrected chi connectivity index (χ3v) is 8.20. The van der Waals surface area contributed by atoms with E-state index in [1.807, 2.05) is 41.9 Å². The summed E-state index contributed by atoms with van der Waals surface area (Å²) in [5.74, 6) is -0.0790. The number of aliphatic hydroxyl groups is 1. The molecule has 0 spiro atoms. The van der Waals surface area contributed by atoms with E-state index in [0.29, 0.717) is 17.7 Å². The van der Waals surface area contributed by atoms with Gasteiger partial charge in [0.05, 0.1) is 34.7 Å². The number of benzene rings is 1. The number of rotatable bonds is 9. The fourth-order valence-electron chi connectivity index (χ4n) is 5.07. The van der Waals surface area contributed by atoms with E-state index in [1.54, 1.807) is 6.92 Å². The molecule has 4 heterocycles. The number of imidazole rings is 1. The molecule has 5 rings (SSSR count). The molecule has 4 atom stereocenters.